The molecule has 0 spiro atoms. The zero-order valence-electron chi connectivity index (χ0n) is 20.3. The molecule has 0 heterocycles. The van der Waals surface area contributed by atoms with E-state index < -0.39 is 72.2 Å². The largest absolute Gasteiger partial charge is 0.524 e. The molecule has 0 aliphatic rings. The second-order valence-electron chi connectivity index (χ2n) is 7.27. The van der Waals surface area contributed by atoms with Crippen LogP contribution in [0.4, 0.5) is 0 Å². The van der Waals surface area contributed by atoms with E-state index in [0.717, 1.165) is 6.92 Å². The Morgan fingerprint density at radius 1 is 0.750 bits per heavy atom. The summed E-state index contributed by atoms with van der Waals surface area (Å²) < 4.78 is 42.9. The van der Waals surface area contributed by atoms with Gasteiger partial charge in [-0.05, 0) is 31.0 Å². The molecule has 1 rings (SSSR count). The van der Waals surface area contributed by atoms with Crippen LogP contribution in [0.3, 0.4) is 0 Å². The maximum absolute atomic E-state index is 10.5. The highest BCUT2D eigenvalue weighted by atomic mass is 31.2. The molecule has 232 valence electrons. The van der Waals surface area contributed by atoms with Crippen LogP contribution in [0, 0.1) is 0 Å². The summed E-state index contributed by atoms with van der Waals surface area (Å²) in [6, 6.07) is 1.79. The highest BCUT2D eigenvalue weighted by Crippen LogP contribution is 2.38. The van der Waals surface area contributed by atoms with Crippen molar-refractivity contribution in [2.45, 2.75) is 37.6 Å². The fourth-order valence-corrected chi connectivity index (χ4v) is 3.21. The average molecular weight is 645 g/mol. The van der Waals surface area contributed by atoms with Crippen LogP contribution in [0.15, 0.2) is 24.3 Å². The molecule has 0 radical (unpaired) electrons. The minimum Gasteiger partial charge on any atom is -0.480 e. The number of hydrogen-bond acceptors (Lipinski definition) is 12. The van der Waals surface area contributed by atoms with Crippen molar-refractivity contribution < 1.29 is 86.3 Å². The van der Waals surface area contributed by atoms with Crippen molar-refractivity contribution in [1.29, 1.82) is 0 Å². The van der Waals surface area contributed by atoms with Crippen molar-refractivity contribution in [2.24, 2.45) is 17.2 Å². The zero-order valence-corrected chi connectivity index (χ0v) is 23.0. The third-order valence-corrected chi connectivity index (χ3v) is 5.30. The first-order chi connectivity index (χ1) is 17.8. The predicted molar refractivity (Wildman–Crippen MR) is 130 cm³/mol. The average Bonchev–Trinajstić information content (AvgIpc) is 2.76. The van der Waals surface area contributed by atoms with Crippen LogP contribution in [-0.2, 0) is 43.5 Å². The molecule has 4 atom stereocenters. The maximum atomic E-state index is 10.5. The quantitative estimate of drug-likeness (QED) is 0.0987. The number of phosphoric ester groups is 3. The van der Waals surface area contributed by atoms with Gasteiger partial charge in [0.25, 0.3) is 0 Å². The SMILES string of the molecule is C[C@@H](OP(=O)(O)O)[C@H](N)C(=O)O.N[C@@H](COP(=O)(O)O)C(=O)O.N[C@@H](Cc1ccc(OP(=O)(O)O)cc1)C(=O)O. The molecule has 40 heavy (non-hydrogen) atoms. The van der Waals surface area contributed by atoms with Gasteiger partial charge >= 0.3 is 41.4 Å². The first-order valence-electron chi connectivity index (χ1n) is 10.1. The van der Waals surface area contributed by atoms with Gasteiger partial charge in [-0.2, -0.15) is 0 Å². The lowest BCUT2D eigenvalue weighted by atomic mass is 10.1. The fraction of sp³-hybridized carbons (Fsp3) is 0.438. The predicted octanol–water partition coefficient (Wildman–Crippen LogP) is -2.48. The molecule has 21 nitrogen and oxygen atoms in total. The fourth-order valence-electron chi connectivity index (χ4n) is 1.90. The van der Waals surface area contributed by atoms with E-state index in [-0.39, 0.29) is 12.2 Å². The molecule has 1 aromatic rings. The third kappa shape index (κ3) is 22.5. The second kappa shape index (κ2) is 17.5. The number of hydrogen-bond donors (Lipinski definition) is 12. The topological polar surface area (TPSA) is 390 Å². The van der Waals surface area contributed by atoms with Crippen LogP contribution < -0.4 is 21.7 Å². The summed E-state index contributed by atoms with van der Waals surface area (Å²) >= 11 is 0. The van der Waals surface area contributed by atoms with Crippen LogP contribution in [0.5, 0.6) is 5.75 Å². The van der Waals surface area contributed by atoms with Crippen LogP contribution in [-0.4, -0.2) is 93.4 Å². The van der Waals surface area contributed by atoms with E-state index in [1.54, 1.807) is 0 Å². The van der Waals surface area contributed by atoms with Gasteiger partial charge in [0.1, 0.15) is 23.9 Å². The molecule has 0 saturated heterocycles. The summed E-state index contributed by atoms with van der Waals surface area (Å²) in [6.45, 7) is 0.456. The van der Waals surface area contributed by atoms with Crippen LogP contribution >= 0.6 is 23.5 Å². The molecule has 0 aliphatic carbocycles. The maximum Gasteiger partial charge on any atom is 0.524 e. The van der Waals surface area contributed by atoms with E-state index in [2.05, 4.69) is 13.6 Å². The minimum atomic E-state index is -4.66. The Hall–Kier alpha value is -2.32. The third-order valence-electron chi connectivity index (χ3n) is 3.75. The molecule has 0 unspecified atom stereocenters. The first kappa shape index (κ1) is 39.8. The lowest BCUT2D eigenvalue weighted by molar-refractivity contribution is -0.141. The van der Waals surface area contributed by atoms with E-state index in [9.17, 15) is 28.1 Å². The number of aliphatic carboxylic acids is 3. The summed E-state index contributed by atoms with van der Waals surface area (Å²) in [5.41, 5.74) is 15.8. The lowest BCUT2D eigenvalue weighted by Gasteiger charge is -2.16. The first-order valence-corrected chi connectivity index (χ1v) is 14.7. The lowest BCUT2D eigenvalue weighted by Crippen LogP contribution is -2.41. The van der Waals surface area contributed by atoms with Gasteiger partial charge in [-0.15, -0.1) is 0 Å². The van der Waals surface area contributed by atoms with E-state index in [1.807, 2.05) is 0 Å². The number of nitrogens with two attached hydrogens (primary N) is 3. The molecular weight excluding hydrogens is 615 g/mol. The number of carbonyl (C=O) groups is 3. The number of carboxylic acids is 3. The normalized spacial score (nSPS) is 14.7. The van der Waals surface area contributed by atoms with Crippen LogP contribution in [0.25, 0.3) is 0 Å². The molecule has 1 aromatic carbocycles. The monoisotopic (exact) mass is 645 g/mol. The van der Waals surface area contributed by atoms with Crippen molar-refractivity contribution in [1.82, 2.24) is 0 Å². The summed E-state index contributed by atoms with van der Waals surface area (Å²) in [7, 11) is -13.8. The molecule has 0 aromatic heterocycles. The summed E-state index contributed by atoms with van der Waals surface area (Å²) in [5.74, 6) is -3.86. The highest BCUT2D eigenvalue weighted by Gasteiger charge is 2.27. The second-order valence-corrected chi connectivity index (χ2v) is 10.9. The van der Waals surface area contributed by atoms with Crippen molar-refractivity contribution in [3.63, 3.8) is 0 Å². The van der Waals surface area contributed by atoms with Gasteiger partial charge < -0.3 is 56.6 Å². The van der Waals surface area contributed by atoms with Gasteiger partial charge in [-0.1, -0.05) is 12.1 Å². The Bertz CT molecular complexity index is 1100. The number of phosphoric acid groups is 3. The minimum absolute atomic E-state index is 0.00554. The van der Waals surface area contributed by atoms with Gasteiger partial charge in [0.05, 0.1) is 12.7 Å². The van der Waals surface area contributed by atoms with Gasteiger partial charge in [-0.3, -0.25) is 33.2 Å². The van der Waals surface area contributed by atoms with Crippen molar-refractivity contribution >= 4 is 41.4 Å². The van der Waals surface area contributed by atoms with Crippen molar-refractivity contribution in [2.75, 3.05) is 6.61 Å². The number of benzene rings is 1. The molecule has 0 bridgehead atoms. The van der Waals surface area contributed by atoms with Crippen molar-refractivity contribution in [3.05, 3.63) is 29.8 Å². The molecule has 0 aliphatic heterocycles. The zero-order chi connectivity index (χ0) is 32.1. The standard InChI is InChI=1S/C9H12NO6P.C4H10NO6P.C3H8NO6P/c10-8(9(11)12)5-6-1-3-7(4-2-6)16-17(13,14)15;1-2(3(5)4(6)7)11-12(8,9)10;4-2(3(5)6)1-10-11(7,8)9/h1-4,8H,5,10H2,(H,11,12)(H2,13,14,15);2-3H,5H2,1H3,(H,6,7)(H2,8,9,10);2H,1,4H2,(H,5,6)(H2,7,8,9)/t8-;2-,3+;2-/m010/s1. The Morgan fingerprint density at radius 2 is 1.20 bits per heavy atom. The molecule has 0 fully saturated rings. The van der Waals surface area contributed by atoms with Gasteiger partial charge in [-0.25, -0.2) is 13.7 Å². The summed E-state index contributed by atoms with van der Waals surface area (Å²) in [6.07, 6.45) is -1.10. The van der Waals surface area contributed by atoms with Gasteiger partial charge in [0, 0.05) is 0 Å². The van der Waals surface area contributed by atoms with Crippen molar-refractivity contribution in [3.8, 4) is 5.75 Å². The van der Waals surface area contributed by atoms with Gasteiger partial charge in [0.15, 0.2) is 0 Å². The van der Waals surface area contributed by atoms with Gasteiger partial charge in [0.2, 0.25) is 0 Å². The molecule has 15 N–H and O–H groups in total. The van der Waals surface area contributed by atoms with E-state index in [0.29, 0.717) is 5.56 Å². The molecular formula is C16H30N3O18P3. The molecule has 0 amide bonds. The number of rotatable bonds is 13. The summed E-state index contributed by atoms with van der Waals surface area (Å²) in [4.78, 5) is 80.4. The van der Waals surface area contributed by atoms with E-state index in [4.69, 9.17) is 61.9 Å². The van der Waals surface area contributed by atoms with Crippen LogP contribution in [0.1, 0.15) is 12.5 Å². The number of carboxylic acid groups (broad SMARTS) is 3. The van der Waals surface area contributed by atoms with E-state index in [1.165, 1.54) is 24.3 Å². The Kier molecular flexibility index (Phi) is 17.4. The smallest absolute Gasteiger partial charge is 0.480 e. The molecule has 24 heteroatoms. The highest BCUT2D eigenvalue weighted by molar-refractivity contribution is 7.47. The summed E-state index contributed by atoms with van der Waals surface area (Å²) in [5, 5.41) is 25.0. The Balaban J connectivity index is 0. The molecule has 0 saturated carbocycles. The Morgan fingerprint density at radius 3 is 1.52 bits per heavy atom. The van der Waals surface area contributed by atoms with Crippen LogP contribution in [0.2, 0.25) is 0 Å². The Labute approximate surface area is 225 Å². The van der Waals surface area contributed by atoms with E-state index >= 15 is 0 Å².